The zero-order valence-electron chi connectivity index (χ0n) is 12.1. The fourth-order valence-corrected chi connectivity index (χ4v) is 4.12. The molecule has 2 bridgehead atoms. The van der Waals surface area contributed by atoms with Crippen LogP contribution in [0.4, 0.5) is 0 Å². The molecule has 1 aromatic carbocycles. The van der Waals surface area contributed by atoms with Gasteiger partial charge in [-0.15, -0.1) is 0 Å². The summed E-state index contributed by atoms with van der Waals surface area (Å²) in [5.41, 5.74) is 1.31. The van der Waals surface area contributed by atoms with Crippen LogP contribution >= 0.6 is 0 Å². The number of hydrogen-bond acceptors (Lipinski definition) is 2. The highest BCUT2D eigenvalue weighted by Crippen LogP contribution is 2.49. The first-order valence-corrected chi connectivity index (χ1v) is 7.62. The normalized spacial score (nSPS) is 30.5. The van der Waals surface area contributed by atoms with Crippen LogP contribution in [0.5, 0.6) is 5.75 Å². The molecule has 0 amide bonds. The molecule has 0 radical (unpaired) electrons. The first-order valence-electron chi connectivity index (χ1n) is 7.62. The monoisotopic (exact) mass is 259 g/mol. The van der Waals surface area contributed by atoms with Crippen molar-refractivity contribution in [3.63, 3.8) is 0 Å². The van der Waals surface area contributed by atoms with Crippen molar-refractivity contribution in [3.05, 3.63) is 29.8 Å². The summed E-state index contributed by atoms with van der Waals surface area (Å²) in [6.07, 6.45) is 5.91. The van der Waals surface area contributed by atoms with Crippen LogP contribution in [-0.2, 0) is 6.54 Å². The van der Waals surface area contributed by atoms with Crippen molar-refractivity contribution < 1.29 is 4.74 Å². The molecular weight excluding hydrogens is 234 g/mol. The average Bonchev–Trinajstić information content (AvgIpc) is 3.07. The lowest BCUT2D eigenvalue weighted by Crippen LogP contribution is -2.35. The number of ether oxygens (including phenoxy) is 1. The van der Waals surface area contributed by atoms with E-state index >= 15 is 0 Å². The number of benzene rings is 1. The van der Waals surface area contributed by atoms with Crippen LogP contribution < -0.4 is 10.1 Å². The molecule has 2 fully saturated rings. The van der Waals surface area contributed by atoms with Gasteiger partial charge in [0.1, 0.15) is 5.75 Å². The van der Waals surface area contributed by atoms with Gasteiger partial charge in [0, 0.05) is 12.6 Å². The van der Waals surface area contributed by atoms with Gasteiger partial charge in [0.05, 0.1) is 7.11 Å². The van der Waals surface area contributed by atoms with E-state index in [0.29, 0.717) is 6.04 Å². The van der Waals surface area contributed by atoms with E-state index in [1.807, 2.05) is 6.07 Å². The number of nitrogens with one attached hydrogen (secondary N) is 1. The lowest BCUT2D eigenvalue weighted by Gasteiger charge is -2.28. The Hall–Kier alpha value is -1.02. The molecule has 3 rings (SSSR count). The summed E-state index contributed by atoms with van der Waals surface area (Å²) in [5.74, 6) is 3.89. The molecule has 104 valence electrons. The second-order valence-electron chi connectivity index (χ2n) is 6.36. The van der Waals surface area contributed by atoms with Crippen molar-refractivity contribution in [2.45, 2.75) is 45.2 Å². The summed E-state index contributed by atoms with van der Waals surface area (Å²) in [4.78, 5) is 0. The third-order valence-corrected chi connectivity index (χ3v) is 5.20. The molecule has 2 heteroatoms. The molecule has 2 aliphatic carbocycles. The van der Waals surface area contributed by atoms with Crippen LogP contribution in [0.15, 0.2) is 24.3 Å². The zero-order valence-corrected chi connectivity index (χ0v) is 12.1. The first kappa shape index (κ1) is 13.0. The van der Waals surface area contributed by atoms with E-state index in [0.717, 1.165) is 30.0 Å². The van der Waals surface area contributed by atoms with Crippen LogP contribution in [0.3, 0.4) is 0 Å². The van der Waals surface area contributed by atoms with Crippen molar-refractivity contribution in [2.75, 3.05) is 7.11 Å². The van der Waals surface area contributed by atoms with Crippen molar-refractivity contribution in [1.82, 2.24) is 5.32 Å². The molecule has 19 heavy (non-hydrogen) atoms. The van der Waals surface area contributed by atoms with Gasteiger partial charge in [-0.25, -0.2) is 0 Å². The maximum Gasteiger partial charge on any atom is 0.119 e. The summed E-state index contributed by atoms with van der Waals surface area (Å²) in [7, 11) is 1.73. The van der Waals surface area contributed by atoms with Crippen molar-refractivity contribution >= 4 is 0 Å². The van der Waals surface area contributed by atoms with Gasteiger partial charge in [-0.3, -0.25) is 0 Å². The lowest BCUT2D eigenvalue weighted by molar-refractivity contribution is 0.259. The van der Waals surface area contributed by atoms with Crippen molar-refractivity contribution in [1.29, 1.82) is 0 Å². The fourth-order valence-electron chi connectivity index (χ4n) is 4.12. The Balaban J connectivity index is 1.54. The molecule has 0 aromatic heterocycles. The molecule has 2 saturated carbocycles. The maximum absolute atomic E-state index is 5.27. The molecule has 0 spiro atoms. The second kappa shape index (κ2) is 5.54. The van der Waals surface area contributed by atoms with Crippen molar-refractivity contribution in [3.8, 4) is 5.75 Å². The highest BCUT2D eigenvalue weighted by Gasteiger charge is 2.41. The average molecular weight is 259 g/mol. The Morgan fingerprint density at radius 2 is 2.21 bits per heavy atom. The maximum atomic E-state index is 5.27. The summed E-state index contributed by atoms with van der Waals surface area (Å²) in [6, 6.07) is 9.01. The Labute approximate surface area is 116 Å². The first-order chi connectivity index (χ1) is 9.26. The second-order valence-corrected chi connectivity index (χ2v) is 6.36. The van der Waals surface area contributed by atoms with Gasteiger partial charge in [-0.2, -0.15) is 0 Å². The number of fused-ring (bicyclic) bond motifs is 2. The standard InChI is InChI=1S/C17H25NO/c1-12(17-10-13-6-7-15(17)8-13)18-11-14-4-3-5-16(9-14)19-2/h3-5,9,12-13,15,17-18H,6-8,10-11H2,1-2H3. The van der Waals surface area contributed by atoms with E-state index in [2.05, 4.69) is 30.4 Å². The van der Waals surface area contributed by atoms with Gasteiger partial charge < -0.3 is 10.1 Å². The quantitative estimate of drug-likeness (QED) is 0.872. The predicted octanol–water partition coefficient (Wildman–Crippen LogP) is 3.61. The lowest BCUT2D eigenvalue weighted by atomic mass is 9.84. The van der Waals surface area contributed by atoms with E-state index in [-0.39, 0.29) is 0 Å². The predicted molar refractivity (Wildman–Crippen MR) is 78.2 cm³/mol. The highest BCUT2D eigenvalue weighted by atomic mass is 16.5. The largest absolute Gasteiger partial charge is 0.497 e. The number of rotatable bonds is 5. The topological polar surface area (TPSA) is 21.3 Å². The third-order valence-electron chi connectivity index (χ3n) is 5.20. The van der Waals surface area contributed by atoms with Gasteiger partial charge in [-0.1, -0.05) is 18.6 Å². The molecule has 1 aromatic rings. The summed E-state index contributed by atoms with van der Waals surface area (Å²) in [5, 5.41) is 3.72. The molecule has 4 atom stereocenters. The smallest absolute Gasteiger partial charge is 0.119 e. The molecule has 0 aliphatic heterocycles. The number of hydrogen-bond donors (Lipinski definition) is 1. The number of methoxy groups -OCH3 is 1. The highest BCUT2D eigenvalue weighted by molar-refractivity contribution is 5.28. The molecule has 0 saturated heterocycles. The summed E-state index contributed by atoms with van der Waals surface area (Å²) < 4.78 is 5.27. The molecule has 4 unspecified atom stereocenters. The van der Waals surface area contributed by atoms with E-state index in [4.69, 9.17) is 4.74 Å². The van der Waals surface area contributed by atoms with E-state index in [9.17, 15) is 0 Å². The van der Waals surface area contributed by atoms with Gasteiger partial charge in [0.2, 0.25) is 0 Å². The van der Waals surface area contributed by atoms with E-state index < -0.39 is 0 Å². The molecule has 2 nitrogen and oxygen atoms in total. The summed E-state index contributed by atoms with van der Waals surface area (Å²) >= 11 is 0. The third kappa shape index (κ3) is 2.79. The van der Waals surface area contributed by atoms with Crippen molar-refractivity contribution in [2.24, 2.45) is 17.8 Å². The van der Waals surface area contributed by atoms with Crippen LogP contribution in [0, 0.1) is 17.8 Å². The van der Waals surface area contributed by atoms with Crippen LogP contribution in [0.2, 0.25) is 0 Å². The SMILES string of the molecule is COc1cccc(CNC(C)C2CC3CCC2C3)c1. The molecule has 1 N–H and O–H groups in total. The Kier molecular flexibility index (Phi) is 3.79. The molecule has 0 heterocycles. The van der Waals surface area contributed by atoms with Crippen LogP contribution in [0.25, 0.3) is 0 Å². The van der Waals surface area contributed by atoms with Crippen LogP contribution in [-0.4, -0.2) is 13.2 Å². The van der Waals surface area contributed by atoms with Gasteiger partial charge in [-0.05, 0) is 61.6 Å². The Morgan fingerprint density at radius 3 is 2.89 bits per heavy atom. The molecular formula is C17H25NO. The Morgan fingerprint density at radius 1 is 1.32 bits per heavy atom. The minimum absolute atomic E-state index is 0.640. The Bertz CT molecular complexity index is 431. The minimum Gasteiger partial charge on any atom is -0.497 e. The van der Waals surface area contributed by atoms with Crippen LogP contribution in [0.1, 0.15) is 38.2 Å². The summed E-state index contributed by atoms with van der Waals surface area (Å²) in [6.45, 7) is 3.32. The van der Waals surface area contributed by atoms with E-state index in [1.165, 1.54) is 31.2 Å². The molecule has 2 aliphatic rings. The van der Waals surface area contributed by atoms with Gasteiger partial charge >= 0.3 is 0 Å². The minimum atomic E-state index is 0.640. The fraction of sp³-hybridized carbons (Fsp3) is 0.647. The van der Waals surface area contributed by atoms with Gasteiger partial charge in [0.25, 0.3) is 0 Å². The van der Waals surface area contributed by atoms with Gasteiger partial charge in [0.15, 0.2) is 0 Å². The zero-order chi connectivity index (χ0) is 13.2. The van der Waals surface area contributed by atoms with E-state index in [1.54, 1.807) is 7.11 Å².